The molecule has 2 aromatic rings. The first kappa shape index (κ1) is 12.1. The summed E-state index contributed by atoms with van der Waals surface area (Å²) in [6.07, 6.45) is 3.41. The lowest BCUT2D eigenvalue weighted by atomic mass is 10.2. The molecule has 1 fully saturated rings. The minimum Gasteiger partial charge on any atom is -0.465 e. The van der Waals surface area contributed by atoms with Crippen molar-refractivity contribution in [2.45, 2.75) is 6.54 Å². The van der Waals surface area contributed by atoms with Crippen molar-refractivity contribution in [2.24, 2.45) is 0 Å². The van der Waals surface area contributed by atoms with Crippen molar-refractivity contribution in [3.63, 3.8) is 0 Å². The molecule has 3 nitrogen and oxygen atoms in total. The van der Waals surface area contributed by atoms with Gasteiger partial charge in [-0.2, -0.15) is 0 Å². The van der Waals surface area contributed by atoms with Gasteiger partial charge in [0.2, 0.25) is 0 Å². The van der Waals surface area contributed by atoms with Gasteiger partial charge in [-0.25, -0.2) is 0 Å². The van der Waals surface area contributed by atoms with Crippen molar-refractivity contribution >= 4 is 23.7 Å². The van der Waals surface area contributed by atoms with Crippen molar-refractivity contribution in [1.29, 1.82) is 0 Å². The van der Waals surface area contributed by atoms with Crippen molar-refractivity contribution in [2.75, 3.05) is 5.88 Å². The Hall–Kier alpha value is -1.94. The molecule has 0 unspecified atom stereocenters. The van der Waals surface area contributed by atoms with E-state index in [0.29, 0.717) is 12.4 Å². The van der Waals surface area contributed by atoms with E-state index in [4.69, 9.17) is 4.42 Å². The second kappa shape index (κ2) is 5.36. The van der Waals surface area contributed by atoms with Crippen LogP contribution in [0.5, 0.6) is 0 Å². The average molecular weight is 271 g/mol. The highest BCUT2D eigenvalue weighted by Crippen LogP contribution is 2.30. The zero-order chi connectivity index (χ0) is 13.1. The highest BCUT2D eigenvalue weighted by Gasteiger charge is 2.26. The van der Waals surface area contributed by atoms with Crippen LogP contribution < -0.4 is 0 Å². The van der Waals surface area contributed by atoms with E-state index in [2.05, 4.69) is 0 Å². The fourth-order valence-electron chi connectivity index (χ4n) is 1.95. The number of rotatable bonds is 3. The summed E-state index contributed by atoms with van der Waals surface area (Å²) in [5.74, 6) is 1.49. The maximum atomic E-state index is 12.2. The molecule has 0 bridgehead atoms. The van der Waals surface area contributed by atoms with Gasteiger partial charge in [0.05, 0.1) is 17.0 Å². The molecule has 1 aromatic carbocycles. The van der Waals surface area contributed by atoms with Crippen LogP contribution >= 0.6 is 11.8 Å². The summed E-state index contributed by atoms with van der Waals surface area (Å²) in [7, 11) is 0. The quantitative estimate of drug-likeness (QED) is 0.803. The fourth-order valence-corrected chi connectivity index (χ4v) is 2.91. The van der Waals surface area contributed by atoms with Crippen LogP contribution in [-0.2, 0) is 11.3 Å². The largest absolute Gasteiger partial charge is 0.465 e. The van der Waals surface area contributed by atoms with Crippen LogP contribution in [0, 0.1) is 0 Å². The van der Waals surface area contributed by atoms with Gasteiger partial charge in [0.15, 0.2) is 0 Å². The lowest BCUT2D eigenvalue weighted by Crippen LogP contribution is -2.24. The Kier molecular flexibility index (Phi) is 3.42. The van der Waals surface area contributed by atoms with E-state index in [1.807, 2.05) is 47.4 Å². The molecule has 3 rings (SSSR count). The molecule has 1 aliphatic heterocycles. The summed E-state index contributed by atoms with van der Waals surface area (Å²) in [6.45, 7) is 0.655. The molecule has 0 radical (unpaired) electrons. The summed E-state index contributed by atoms with van der Waals surface area (Å²) in [5, 5.41) is 0. The standard InChI is InChI=1S/C15H13NO2S/c17-15-14(9-13-7-4-8-18-13)19-11-16(15)10-12-5-2-1-3-6-12/h1-9H,10-11H2. The predicted molar refractivity (Wildman–Crippen MR) is 76.1 cm³/mol. The third kappa shape index (κ3) is 2.74. The molecule has 0 spiro atoms. The van der Waals surface area contributed by atoms with Crippen molar-refractivity contribution in [1.82, 2.24) is 4.90 Å². The first-order valence-corrected chi connectivity index (χ1v) is 7.03. The molecule has 0 saturated carbocycles. The number of furan rings is 1. The monoisotopic (exact) mass is 271 g/mol. The van der Waals surface area contributed by atoms with E-state index in [0.717, 1.165) is 16.2 Å². The Morgan fingerprint density at radius 3 is 2.79 bits per heavy atom. The summed E-state index contributed by atoms with van der Waals surface area (Å²) < 4.78 is 5.24. The van der Waals surface area contributed by atoms with Crippen LogP contribution in [-0.4, -0.2) is 16.7 Å². The van der Waals surface area contributed by atoms with Crippen LogP contribution in [0.4, 0.5) is 0 Å². The molecule has 0 atom stereocenters. The molecule has 2 heterocycles. The Morgan fingerprint density at radius 2 is 2.05 bits per heavy atom. The predicted octanol–water partition coefficient (Wildman–Crippen LogP) is 3.35. The molecule has 1 aromatic heterocycles. The number of benzene rings is 1. The summed E-state index contributed by atoms with van der Waals surface area (Å²) in [4.78, 5) is 14.8. The molecule has 4 heteroatoms. The van der Waals surface area contributed by atoms with Gasteiger partial charge in [-0.3, -0.25) is 4.79 Å². The second-order valence-corrected chi connectivity index (χ2v) is 5.27. The summed E-state index contributed by atoms with van der Waals surface area (Å²) in [6, 6.07) is 13.7. The van der Waals surface area contributed by atoms with E-state index < -0.39 is 0 Å². The first-order valence-electron chi connectivity index (χ1n) is 6.04. The van der Waals surface area contributed by atoms with Crippen molar-refractivity contribution in [3.05, 3.63) is 65.0 Å². The third-order valence-corrected chi connectivity index (χ3v) is 3.95. The van der Waals surface area contributed by atoms with E-state index in [-0.39, 0.29) is 5.91 Å². The number of carbonyl (C=O) groups excluding carboxylic acids is 1. The Morgan fingerprint density at radius 1 is 1.21 bits per heavy atom. The third-order valence-electron chi connectivity index (χ3n) is 2.91. The van der Waals surface area contributed by atoms with Gasteiger partial charge in [0.1, 0.15) is 5.76 Å². The zero-order valence-corrected chi connectivity index (χ0v) is 11.1. The van der Waals surface area contributed by atoms with Gasteiger partial charge in [0.25, 0.3) is 5.91 Å². The Bertz CT molecular complexity index is 590. The maximum absolute atomic E-state index is 12.2. The zero-order valence-electron chi connectivity index (χ0n) is 10.3. The number of carbonyl (C=O) groups is 1. The van der Waals surface area contributed by atoms with Crippen LogP contribution in [0.25, 0.3) is 6.08 Å². The number of hydrogen-bond donors (Lipinski definition) is 0. The molecular formula is C15H13NO2S. The average Bonchev–Trinajstić information content (AvgIpc) is 3.05. The van der Waals surface area contributed by atoms with E-state index in [9.17, 15) is 4.79 Å². The summed E-state index contributed by atoms with van der Waals surface area (Å²) >= 11 is 1.55. The van der Waals surface area contributed by atoms with Gasteiger partial charge in [-0.1, -0.05) is 42.1 Å². The molecule has 1 amide bonds. The minimum atomic E-state index is 0.0743. The molecule has 0 aliphatic carbocycles. The molecule has 96 valence electrons. The number of hydrogen-bond acceptors (Lipinski definition) is 3. The van der Waals surface area contributed by atoms with Crippen molar-refractivity contribution < 1.29 is 9.21 Å². The highest BCUT2D eigenvalue weighted by molar-refractivity contribution is 8.04. The number of thioether (sulfide) groups is 1. The Labute approximate surface area is 115 Å². The maximum Gasteiger partial charge on any atom is 0.261 e. The molecule has 0 N–H and O–H groups in total. The molecule has 1 aliphatic rings. The molecular weight excluding hydrogens is 258 g/mol. The Balaban J connectivity index is 1.72. The number of nitrogens with zero attached hydrogens (tertiary/aromatic N) is 1. The molecule has 1 saturated heterocycles. The van der Waals surface area contributed by atoms with Gasteiger partial charge in [0, 0.05) is 6.54 Å². The lowest BCUT2D eigenvalue weighted by Gasteiger charge is -2.13. The van der Waals surface area contributed by atoms with Crippen LogP contribution in [0.2, 0.25) is 0 Å². The van der Waals surface area contributed by atoms with Gasteiger partial charge in [-0.05, 0) is 23.8 Å². The minimum absolute atomic E-state index is 0.0743. The van der Waals surface area contributed by atoms with E-state index in [1.165, 1.54) is 0 Å². The SMILES string of the molecule is O=C1C(=Cc2ccco2)SCN1Cc1ccccc1. The first-order chi connectivity index (χ1) is 9.33. The van der Waals surface area contributed by atoms with Gasteiger partial charge >= 0.3 is 0 Å². The van der Waals surface area contributed by atoms with Crippen molar-refractivity contribution in [3.8, 4) is 0 Å². The van der Waals surface area contributed by atoms with Gasteiger partial charge < -0.3 is 9.32 Å². The smallest absolute Gasteiger partial charge is 0.261 e. The summed E-state index contributed by atoms with van der Waals surface area (Å²) in [5.41, 5.74) is 1.15. The van der Waals surface area contributed by atoms with Crippen LogP contribution in [0.1, 0.15) is 11.3 Å². The van der Waals surface area contributed by atoms with Gasteiger partial charge in [-0.15, -0.1) is 0 Å². The second-order valence-electron chi connectivity index (χ2n) is 4.29. The van der Waals surface area contributed by atoms with Crippen LogP contribution in [0.3, 0.4) is 0 Å². The van der Waals surface area contributed by atoms with E-state index >= 15 is 0 Å². The fraction of sp³-hybridized carbons (Fsp3) is 0.133. The normalized spacial score (nSPS) is 17.4. The number of amides is 1. The van der Waals surface area contributed by atoms with E-state index in [1.54, 1.807) is 24.1 Å². The van der Waals surface area contributed by atoms with Crippen LogP contribution in [0.15, 0.2) is 58.1 Å². The topological polar surface area (TPSA) is 33.5 Å². The lowest BCUT2D eigenvalue weighted by molar-refractivity contribution is -0.125. The highest BCUT2D eigenvalue weighted by atomic mass is 32.2. The molecule has 19 heavy (non-hydrogen) atoms.